The Morgan fingerprint density at radius 1 is 1.64 bits per heavy atom. The predicted octanol–water partition coefficient (Wildman–Crippen LogP) is 1.19. The van der Waals surface area contributed by atoms with Crippen molar-refractivity contribution in [3.63, 3.8) is 0 Å². The Bertz CT molecular complexity index is 225. The molecule has 0 aliphatic heterocycles. The van der Waals surface area contributed by atoms with E-state index in [1.807, 2.05) is 19.1 Å². The Kier molecular flexibility index (Phi) is 4.14. The fourth-order valence-corrected chi connectivity index (χ4v) is 1.78. The molecule has 0 radical (unpaired) electrons. The molecule has 3 atom stereocenters. The van der Waals surface area contributed by atoms with E-state index >= 15 is 0 Å². The molecule has 3 unspecified atom stereocenters. The zero-order valence-corrected chi connectivity index (χ0v) is 8.99. The van der Waals surface area contributed by atoms with Gasteiger partial charge in [-0.3, -0.25) is 4.79 Å². The molecule has 3 nitrogen and oxygen atoms in total. The molecule has 1 amide bonds. The molecule has 80 valence electrons. The molecule has 0 bridgehead atoms. The fourth-order valence-electron chi connectivity index (χ4n) is 1.78. The van der Waals surface area contributed by atoms with Gasteiger partial charge in [0.25, 0.3) is 0 Å². The molecule has 0 aromatic rings. The number of carbonyl (C=O) groups excluding carboxylic acids is 1. The quantitative estimate of drug-likeness (QED) is 0.664. The van der Waals surface area contributed by atoms with Crippen molar-refractivity contribution in [2.45, 2.75) is 45.2 Å². The van der Waals surface area contributed by atoms with Gasteiger partial charge >= 0.3 is 0 Å². The molecule has 0 saturated heterocycles. The lowest BCUT2D eigenvalue weighted by molar-refractivity contribution is -0.124. The first-order valence-electron chi connectivity index (χ1n) is 5.37. The summed E-state index contributed by atoms with van der Waals surface area (Å²) >= 11 is 0. The molecule has 3 heteroatoms. The Morgan fingerprint density at radius 3 is 2.86 bits per heavy atom. The fraction of sp³-hybridized carbons (Fsp3) is 0.727. The molecule has 1 aliphatic rings. The smallest absolute Gasteiger partial charge is 0.227 e. The highest BCUT2D eigenvalue weighted by molar-refractivity contribution is 5.81. The first-order chi connectivity index (χ1) is 6.63. The van der Waals surface area contributed by atoms with Crippen LogP contribution in [0.3, 0.4) is 0 Å². The van der Waals surface area contributed by atoms with Crippen molar-refractivity contribution in [2.75, 3.05) is 0 Å². The van der Waals surface area contributed by atoms with Gasteiger partial charge in [-0.25, -0.2) is 0 Å². The molecule has 0 aromatic carbocycles. The minimum Gasteiger partial charge on any atom is -0.353 e. The average Bonchev–Trinajstić information content (AvgIpc) is 2.52. The Labute approximate surface area is 85.7 Å². The van der Waals surface area contributed by atoms with E-state index in [4.69, 9.17) is 5.73 Å². The molecule has 0 aromatic heterocycles. The normalized spacial score (nSPS) is 27.6. The monoisotopic (exact) mass is 196 g/mol. The first-order valence-corrected chi connectivity index (χ1v) is 5.37. The van der Waals surface area contributed by atoms with Crippen LogP contribution in [0.25, 0.3) is 0 Å². The van der Waals surface area contributed by atoms with Gasteiger partial charge in [0.15, 0.2) is 0 Å². The molecular formula is C11H20N2O. The topological polar surface area (TPSA) is 55.1 Å². The molecular weight excluding hydrogens is 176 g/mol. The SMILES string of the molecule is CCCC(C)NC(=O)C1C=CC(N)C1. The van der Waals surface area contributed by atoms with E-state index in [1.165, 1.54) is 0 Å². The third-order valence-corrected chi connectivity index (χ3v) is 2.56. The van der Waals surface area contributed by atoms with Gasteiger partial charge in [-0.15, -0.1) is 0 Å². The lowest BCUT2D eigenvalue weighted by atomic mass is 10.1. The molecule has 0 fully saturated rings. The van der Waals surface area contributed by atoms with Crippen molar-refractivity contribution in [1.29, 1.82) is 0 Å². The second kappa shape index (κ2) is 5.15. The maximum atomic E-state index is 11.7. The Hall–Kier alpha value is -0.830. The molecule has 0 heterocycles. The van der Waals surface area contributed by atoms with Crippen LogP contribution in [0.1, 0.15) is 33.1 Å². The Morgan fingerprint density at radius 2 is 2.36 bits per heavy atom. The van der Waals surface area contributed by atoms with Crippen LogP contribution in [0.15, 0.2) is 12.2 Å². The van der Waals surface area contributed by atoms with Crippen molar-refractivity contribution >= 4 is 5.91 Å². The van der Waals surface area contributed by atoms with E-state index in [2.05, 4.69) is 12.2 Å². The second-order valence-electron chi connectivity index (χ2n) is 4.09. The highest BCUT2D eigenvalue weighted by Gasteiger charge is 2.23. The maximum absolute atomic E-state index is 11.7. The van der Waals surface area contributed by atoms with Gasteiger partial charge in [0.2, 0.25) is 5.91 Å². The van der Waals surface area contributed by atoms with Crippen molar-refractivity contribution in [3.05, 3.63) is 12.2 Å². The molecule has 0 saturated carbocycles. The summed E-state index contributed by atoms with van der Waals surface area (Å²) in [5.41, 5.74) is 5.69. The zero-order valence-electron chi connectivity index (χ0n) is 8.99. The molecule has 3 N–H and O–H groups in total. The van der Waals surface area contributed by atoms with Gasteiger partial charge in [0.05, 0.1) is 5.92 Å². The van der Waals surface area contributed by atoms with E-state index in [-0.39, 0.29) is 23.9 Å². The van der Waals surface area contributed by atoms with Crippen molar-refractivity contribution in [2.24, 2.45) is 11.7 Å². The molecule has 1 aliphatic carbocycles. The third kappa shape index (κ3) is 3.14. The number of nitrogens with one attached hydrogen (secondary N) is 1. The predicted molar refractivity (Wildman–Crippen MR) is 57.7 cm³/mol. The maximum Gasteiger partial charge on any atom is 0.227 e. The second-order valence-corrected chi connectivity index (χ2v) is 4.09. The number of carbonyl (C=O) groups is 1. The average molecular weight is 196 g/mol. The number of hydrogen-bond acceptors (Lipinski definition) is 2. The van der Waals surface area contributed by atoms with Gasteiger partial charge in [-0.2, -0.15) is 0 Å². The summed E-state index contributed by atoms with van der Waals surface area (Å²) in [6, 6.07) is 0.338. The van der Waals surface area contributed by atoms with E-state index in [1.54, 1.807) is 0 Å². The molecule has 14 heavy (non-hydrogen) atoms. The zero-order chi connectivity index (χ0) is 10.6. The first kappa shape index (κ1) is 11.2. The van der Waals surface area contributed by atoms with Crippen LogP contribution in [0.2, 0.25) is 0 Å². The van der Waals surface area contributed by atoms with Crippen molar-refractivity contribution in [3.8, 4) is 0 Å². The number of nitrogens with two attached hydrogens (primary N) is 1. The van der Waals surface area contributed by atoms with E-state index < -0.39 is 0 Å². The standard InChI is InChI=1S/C11H20N2O/c1-3-4-8(2)13-11(14)9-5-6-10(12)7-9/h5-6,8-10H,3-4,7,12H2,1-2H3,(H,13,14). The van der Waals surface area contributed by atoms with Gasteiger partial charge in [-0.1, -0.05) is 25.5 Å². The van der Waals surface area contributed by atoms with Gasteiger partial charge in [0, 0.05) is 12.1 Å². The van der Waals surface area contributed by atoms with Gasteiger partial charge < -0.3 is 11.1 Å². The largest absolute Gasteiger partial charge is 0.353 e. The van der Waals surface area contributed by atoms with Crippen molar-refractivity contribution in [1.82, 2.24) is 5.32 Å². The Balaban J connectivity index is 2.32. The van der Waals surface area contributed by atoms with E-state index in [0.717, 1.165) is 19.3 Å². The molecule has 0 spiro atoms. The van der Waals surface area contributed by atoms with Gasteiger partial charge in [0.1, 0.15) is 0 Å². The summed E-state index contributed by atoms with van der Waals surface area (Å²) < 4.78 is 0. The van der Waals surface area contributed by atoms with E-state index in [0.29, 0.717) is 0 Å². The summed E-state index contributed by atoms with van der Waals surface area (Å²) in [4.78, 5) is 11.7. The highest BCUT2D eigenvalue weighted by Crippen LogP contribution is 2.16. The van der Waals surface area contributed by atoms with Crippen LogP contribution < -0.4 is 11.1 Å². The van der Waals surface area contributed by atoms with Crippen LogP contribution in [-0.2, 0) is 4.79 Å². The van der Waals surface area contributed by atoms with Crippen molar-refractivity contribution < 1.29 is 4.79 Å². The number of hydrogen-bond donors (Lipinski definition) is 2. The summed E-state index contributed by atoms with van der Waals surface area (Å²) in [6.45, 7) is 4.16. The molecule has 1 rings (SSSR count). The summed E-state index contributed by atoms with van der Waals surface area (Å²) in [5, 5.41) is 3.00. The van der Waals surface area contributed by atoms with Crippen LogP contribution in [0, 0.1) is 5.92 Å². The van der Waals surface area contributed by atoms with E-state index in [9.17, 15) is 4.79 Å². The minimum atomic E-state index is -0.00990. The minimum absolute atomic E-state index is 0.00990. The third-order valence-electron chi connectivity index (χ3n) is 2.56. The van der Waals surface area contributed by atoms with Crippen LogP contribution in [0.4, 0.5) is 0 Å². The highest BCUT2D eigenvalue weighted by atomic mass is 16.1. The van der Waals surface area contributed by atoms with Crippen LogP contribution in [-0.4, -0.2) is 18.0 Å². The summed E-state index contributed by atoms with van der Waals surface area (Å²) in [7, 11) is 0. The summed E-state index contributed by atoms with van der Waals surface area (Å²) in [5.74, 6) is 0.111. The lowest BCUT2D eigenvalue weighted by Gasteiger charge is -2.15. The lowest BCUT2D eigenvalue weighted by Crippen LogP contribution is -2.36. The number of amides is 1. The van der Waals surface area contributed by atoms with Crippen LogP contribution >= 0.6 is 0 Å². The summed E-state index contributed by atoms with van der Waals surface area (Å²) in [6.07, 6.45) is 6.72. The number of rotatable bonds is 4. The van der Waals surface area contributed by atoms with Crippen LogP contribution in [0.5, 0.6) is 0 Å². The van der Waals surface area contributed by atoms with Gasteiger partial charge in [-0.05, 0) is 19.8 Å².